The Morgan fingerprint density at radius 1 is 1.04 bits per heavy atom. The van der Waals surface area contributed by atoms with E-state index in [0.29, 0.717) is 35.5 Å². The van der Waals surface area contributed by atoms with Gasteiger partial charge in [0.25, 0.3) is 0 Å². The molecule has 0 bridgehead atoms. The van der Waals surface area contributed by atoms with Gasteiger partial charge in [-0.05, 0) is 104 Å². The lowest BCUT2D eigenvalue weighted by molar-refractivity contribution is -0.175. The average Bonchev–Trinajstić information content (AvgIpc) is 3.00. The Morgan fingerprint density at radius 2 is 1.79 bits per heavy atom. The van der Waals surface area contributed by atoms with Crippen molar-refractivity contribution in [3.05, 3.63) is 0 Å². The highest BCUT2D eigenvalue weighted by Crippen LogP contribution is 2.68. The van der Waals surface area contributed by atoms with Gasteiger partial charge >= 0.3 is 5.97 Å². The Kier molecular flexibility index (Phi) is 5.36. The van der Waals surface area contributed by atoms with Gasteiger partial charge in [0, 0.05) is 6.42 Å². The van der Waals surface area contributed by atoms with E-state index in [-0.39, 0.29) is 29.5 Å². The molecule has 0 aromatic heterocycles. The van der Waals surface area contributed by atoms with E-state index in [4.69, 9.17) is 5.11 Å². The lowest BCUT2D eigenvalue weighted by Gasteiger charge is -2.62. The standard InChI is InChI=1S/C24H40O4/c1-14(4-9-22(27)28)18-7-8-19-17-6-5-15-12-16(25)10-11-23(15,2)20(17)13-21(26)24(18,19)3/h14-21,25-26H,4-13H2,1-3H3,(H,27,28)/t14-,15-,16-,17+,18+,19-,20-,21+,23+,24-/m1/s1. The van der Waals surface area contributed by atoms with E-state index in [2.05, 4.69) is 20.8 Å². The fourth-order valence-corrected chi connectivity index (χ4v) is 8.71. The van der Waals surface area contributed by atoms with Crippen molar-refractivity contribution in [1.82, 2.24) is 0 Å². The van der Waals surface area contributed by atoms with E-state index in [1.165, 1.54) is 19.3 Å². The molecular weight excluding hydrogens is 352 g/mol. The van der Waals surface area contributed by atoms with Crippen LogP contribution in [0.4, 0.5) is 0 Å². The van der Waals surface area contributed by atoms with Crippen LogP contribution in [0.5, 0.6) is 0 Å². The molecular formula is C24H40O4. The van der Waals surface area contributed by atoms with E-state index in [9.17, 15) is 15.0 Å². The maximum Gasteiger partial charge on any atom is 0.303 e. The molecule has 0 aromatic carbocycles. The molecule has 0 unspecified atom stereocenters. The molecule has 0 spiro atoms. The second-order valence-corrected chi connectivity index (χ2v) is 11.3. The number of hydrogen-bond acceptors (Lipinski definition) is 3. The van der Waals surface area contributed by atoms with E-state index in [1.807, 2.05) is 0 Å². The summed E-state index contributed by atoms with van der Waals surface area (Å²) in [5.74, 6) is 2.55. The SMILES string of the molecule is C[C@H](CCC(=O)O)[C@@H]1CC[C@@H]2[C@@H]3CC[C@@H]4C[C@H](O)CC[C@]4(C)[C@@H]3C[C@H](O)[C@@]21C. The lowest BCUT2D eigenvalue weighted by Crippen LogP contribution is -2.58. The number of aliphatic hydroxyl groups is 2. The minimum absolute atomic E-state index is 0.0591. The van der Waals surface area contributed by atoms with Crippen molar-refractivity contribution in [1.29, 1.82) is 0 Å². The zero-order chi connectivity index (χ0) is 20.3. The Bertz CT molecular complexity index is 605. The maximum atomic E-state index is 11.5. The summed E-state index contributed by atoms with van der Waals surface area (Å²) in [7, 11) is 0. The van der Waals surface area contributed by atoms with Crippen molar-refractivity contribution in [3.63, 3.8) is 0 Å². The summed E-state index contributed by atoms with van der Waals surface area (Å²) < 4.78 is 0. The molecule has 4 fully saturated rings. The second kappa shape index (κ2) is 7.27. The van der Waals surface area contributed by atoms with E-state index in [0.717, 1.165) is 38.5 Å². The van der Waals surface area contributed by atoms with Gasteiger partial charge in [0.1, 0.15) is 0 Å². The molecule has 0 saturated heterocycles. The number of carboxylic acid groups (broad SMARTS) is 1. The van der Waals surface area contributed by atoms with Gasteiger partial charge in [-0.2, -0.15) is 0 Å². The predicted octanol–water partition coefficient (Wildman–Crippen LogP) is 4.48. The summed E-state index contributed by atoms with van der Waals surface area (Å²) in [6.07, 6.45) is 9.26. The van der Waals surface area contributed by atoms with Gasteiger partial charge in [-0.1, -0.05) is 20.8 Å². The number of aliphatic hydroxyl groups excluding tert-OH is 2. The van der Waals surface area contributed by atoms with Crippen LogP contribution in [0.2, 0.25) is 0 Å². The highest BCUT2D eigenvalue weighted by atomic mass is 16.4. The molecule has 0 amide bonds. The molecule has 0 aliphatic heterocycles. The molecule has 0 heterocycles. The van der Waals surface area contributed by atoms with Crippen LogP contribution in [0, 0.1) is 46.3 Å². The van der Waals surface area contributed by atoms with E-state index in [1.54, 1.807) is 0 Å². The zero-order valence-electron chi connectivity index (χ0n) is 17.9. The van der Waals surface area contributed by atoms with E-state index >= 15 is 0 Å². The van der Waals surface area contributed by atoms with Crippen molar-refractivity contribution in [3.8, 4) is 0 Å². The van der Waals surface area contributed by atoms with Gasteiger partial charge in [-0.15, -0.1) is 0 Å². The molecule has 4 rings (SSSR count). The van der Waals surface area contributed by atoms with Gasteiger partial charge in [-0.25, -0.2) is 0 Å². The Labute approximate surface area is 170 Å². The third kappa shape index (κ3) is 3.05. The normalized spacial score (nSPS) is 51.7. The number of fused-ring (bicyclic) bond motifs is 5. The number of carbonyl (C=O) groups is 1. The minimum Gasteiger partial charge on any atom is -0.481 e. The van der Waals surface area contributed by atoms with Gasteiger partial charge in [0.05, 0.1) is 12.2 Å². The summed E-state index contributed by atoms with van der Waals surface area (Å²) in [5, 5.41) is 30.8. The monoisotopic (exact) mass is 392 g/mol. The number of rotatable bonds is 4. The summed E-state index contributed by atoms with van der Waals surface area (Å²) in [6, 6.07) is 0. The average molecular weight is 393 g/mol. The first kappa shape index (κ1) is 20.7. The minimum atomic E-state index is -0.707. The fraction of sp³-hybridized carbons (Fsp3) is 0.958. The molecule has 4 nitrogen and oxygen atoms in total. The Balaban J connectivity index is 1.56. The lowest BCUT2D eigenvalue weighted by atomic mass is 9.43. The van der Waals surface area contributed by atoms with Crippen LogP contribution in [-0.4, -0.2) is 33.5 Å². The molecule has 0 aromatic rings. The fourth-order valence-electron chi connectivity index (χ4n) is 8.71. The van der Waals surface area contributed by atoms with Gasteiger partial charge < -0.3 is 15.3 Å². The van der Waals surface area contributed by atoms with Gasteiger partial charge in [0.2, 0.25) is 0 Å². The van der Waals surface area contributed by atoms with Gasteiger partial charge in [0.15, 0.2) is 0 Å². The second-order valence-electron chi connectivity index (χ2n) is 11.3. The first-order valence-electron chi connectivity index (χ1n) is 11.8. The van der Waals surface area contributed by atoms with E-state index < -0.39 is 5.97 Å². The summed E-state index contributed by atoms with van der Waals surface area (Å²) in [5.41, 5.74) is 0.216. The Hall–Kier alpha value is -0.610. The molecule has 4 heteroatoms. The predicted molar refractivity (Wildman–Crippen MR) is 109 cm³/mol. The largest absolute Gasteiger partial charge is 0.481 e. The molecule has 10 atom stereocenters. The highest BCUT2D eigenvalue weighted by molar-refractivity contribution is 5.66. The molecule has 28 heavy (non-hydrogen) atoms. The molecule has 160 valence electrons. The molecule has 4 saturated carbocycles. The molecule has 0 radical (unpaired) electrons. The third-order valence-corrected chi connectivity index (χ3v) is 10.3. The zero-order valence-corrected chi connectivity index (χ0v) is 17.9. The Morgan fingerprint density at radius 3 is 2.50 bits per heavy atom. The van der Waals surface area contributed by atoms with Crippen molar-refractivity contribution in [2.24, 2.45) is 46.3 Å². The van der Waals surface area contributed by atoms with Crippen molar-refractivity contribution in [2.45, 2.75) is 97.2 Å². The van der Waals surface area contributed by atoms with Crippen LogP contribution in [0.1, 0.15) is 85.0 Å². The van der Waals surface area contributed by atoms with Crippen molar-refractivity contribution in [2.75, 3.05) is 0 Å². The molecule has 4 aliphatic carbocycles. The summed E-state index contributed by atoms with van der Waals surface area (Å²) in [4.78, 5) is 11.1. The van der Waals surface area contributed by atoms with Crippen LogP contribution < -0.4 is 0 Å². The summed E-state index contributed by atoms with van der Waals surface area (Å²) >= 11 is 0. The van der Waals surface area contributed by atoms with Crippen molar-refractivity contribution >= 4 is 5.97 Å². The molecule has 4 aliphatic rings. The molecule has 3 N–H and O–H groups in total. The third-order valence-electron chi connectivity index (χ3n) is 10.3. The maximum absolute atomic E-state index is 11.5. The smallest absolute Gasteiger partial charge is 0.303 e. The number of aliphatic carboxylic acids is 1. The van der Waals surface area contributed by atoms with Crippen LogP contribution >= 0.6 is 0 Å². The van der Waals surface area contributed by atoms with Crippen LogP contribution in [-0.2, 0) is 4.79 Å². The van der Waals surface area contributed by atoms with Gasteiger partial charge in [-0.3, -0.25) is 4.79 Å². The highest BCUT2D eigenvalue weighted by Gasteiger charge is 2.63. The first-order chi connectivity index (χ1) is 13.2. The van der Waals surface area contributed by atoms with Crippen LogP contribution in [0.15, 0.2) is 0 Å². The number of hydrogen-bond donors (Lipinski definition) is 3. The van der Waals surface area contributed by atoms with Crippen LogP contribution in [0.25, 0.3) is 0 Å². The first-order valence-corrected chi connectivity index (χ1v) is 11.8. The quantitative estimate of drug-likeness (QED) is 0.659. The van der Waals surface area contributed by atoms with Crippen molar-refractivity contribution < 1.29 is 20.1 Å². The summed E-state index contributed by atoms with van der Waals surface area (Å²) in [6.45, 7) is 6.99. The number of carboxylic acids is 1. The topological polar surface area (TPSA) is 77.8 Å². The van der Waals surface area contributed by atoms with Crippen LogP contribution in [0.3, 0.4) is 0 Å².